The lowest BCUT2D eigenvalue weighted by Gasteiger charge is -2.11. The van der Waals surface area contributed by atoms with Gasteiger partial charge in [0.15, 0.2) is 5.96 Å². The Morgan fingerprint density at radius 3 is 2.41 bits per heavy atom. The van der Waals surface area contributed by atoms with Gasteiger partial charge in [-0.2, -0.15) is 0 Å². The van der Waals surface area contributed by atoms with Crippen molar-refractivity contribution >= 4 is 16.0 Å². The average Bonchev–Trinajstić information content (AvgIpc) is 2.50. The highest BCUT2D eigenvalue weighted by atomic mass is 32.2. The van der Waals surface area contributed by atoms with E-state index < -0.39 is 10.0 Å². The van der Waals surface area contributed by atoms with Crippen LogP contribution in [0.4, 0.5) is 0 Å². The average molecular weight is 322 g/mol. The molecule has 0 saturated carbocycles. The van der Waals surface area contributed by atoms with Crippen molar-refractivity contribution in [1.29, 1.82) is 0 Å². The SMILES string of the molecule is C#CCNC(=NCc1ccc(S(=O)(=O)N(C)C)cc1)NCC. The predicted octanol–water partition coefficient (Wildman–Crippen LogP) is 0.625. The van der Waals surface area contributed by atoms with Crippen LogP contribution in [-0.4, -0.2) is 45.9 Å². The lowest BCUT2D eigenvalue weighted by molar-refractivity contribution is 0.520. The van der Waals surface area contributed by atoms with Gasteiger partial charge in [0, 0.05) is 20.6 Å². The number of nitrogens with zero attached hydrogens (tertiary/aromatic N) is 2. The molecule has 6 nitrogen and oxygen atoms in total. The molecule has 1 aromatic carbocycles. The van der Waals surface area contributed by atoms with E-state index >= 15 is 0 Å². The Labute approximate surface area is 132 Å². The van der Waals surface area contributed by atoms with E-state index in [1.807, 2.05) is 6.92 Å². The van der Waals surface area contributed by atoms with Crippen molar-refractivity contribution in [2.75, 3.05) is 27.2 Å². The highest BCUT2D eigenvalue weighted by Crippen LogP contribution is 2.14. The van der Waals surface area contributed by atoms with Crippen molar-refractivity contribution in [3.05, 3.63) is 29.8 Å². The third kappa shape index (κ3) is 5.06. The summed E-state index contributed by atoms with van der Waals surface area (Å²) in [5.74, 6) is 3.12. The van der Waals surface area contributed by atoms with Crippen LogP contribution >= 0.6 is 0 Å². The zero-order valence-electron chi connectivity index (χ0n) is 13.1. The lowest BCUT2D eigenvalue weighted by atomic mass is 10.2. The van der Waals surface area contributed by atoms with Crippen LogP contribution in [0.15, 0.2) is 34.2 Å². The van der Waals surface area contributed by atoms with Crippen LogP contribution in [0.25, 0.3) is 0 Å². The van der Waals surface area contributed by atoms with Gasteiger partial charge in [0.25, 0.3) is 0 Å². The quantitative estimate of drug-likeness (QED) is 0.458. The minimum absolute atomic E-state index is 0.266. The number of rotatable bonds is 6. The van der Waals surface area contributed by atoms with E-state index in [4.69, 9.17) is 6.42 Å². The van der Waals surface area contributed by atoms with E-state index in [1.165, 1.54) is 18.4 Å². The topological polar surface area (TPSA) is 73.8 Å². The predicted molar refractivity (Wildman–Crippen MR) is 89.0 cm³/mol. The molecule has 0 aliphatic rings. The largest absolute Gasteiger partial charge is 0.357 e. The summed E-state index contributed by atoms with van der Waals surface area (Å²) in [7, 11) is -0.380. The summed E-state index contributed by atoms with van der Waals surface area (Å²) < 4.78 is 25.1. The molecule has 0 spiro atoms. The van der Waals surface area contributed by atoms with Crippen LogP contribution < -0.4 is 10.6 Å². The van der Waals surface area contributed by atoms with Crippen LogP contribution in [0, 0.1) is 12.3 Å². The second-order valence-corrected chi connectivity index (χ2v) is 6.84. The number of hydrogen-bond acceptors (Lipinski definition) is 3. The van der Waals surface area contributed by atoms with Crippen molar-refractivity contribution in [3.63, 3.8) is 0 Å². The van der Waals surface area contributed by atoms with Crippen molar-refractivity contribution in [2.24, 2.45) is 4.99 Å². The van der Waals surface area contributed by atoms with Gasteiger partial charge < -0.3 is 10.6 Å². The van der Waals surface area contributed by atoms with Crippen LogP contribution in [0.5, 0.6) is 0 Å². The van der Waals surface area contributed by atoms with Gasteiger partial charge >= 0.3 is 0 Å². The van der Waals surface area contributed by atoms with E-state index in [1.54, 1.807) is 24.3 Å². The molecule has 22 heavy (non-hydrogen) atoms. The number of benzene rings is 1. The molecule has 0 unspecified atom stereocenters. The fraction of sp³-hybridized carbons (Fsp3) is 0.400. The summed E-state index contributed by atoms with van der Waals surface area (Å²) in [6, 6.07) is 6.68. The highest BCUT2D eigenvalue weighted by Gasteiger charge is 2.16. The zero-order chi connectivity index (χ0) is 16.6. The number of terminal acetylenes is 1. The van der Waals surface area contributed by atoms with Crippen molar-refractivity contribution in [2.45, 2.75) is 18.4 Å². The summed E-state index contributed by atoms with van der Waals surface area (Å²) >= 11 is 0. The van der Waals surface area contributed by atoms with E-state index in [2.05, 4.69) is 21.5 Å². The van der Waals surface area contributed by atoms with E-state index in [9.17, 15) is 8.42 Å². The maximum absolute atomic E-state index is 12.0. The Balaban J connectivity index is 2.81. The van der Waals surface area contributed by atoms with E-state index in [-0.39, 0.29) is 4.90 Å². The molecule has 0 aliphatic heterocycles. The molecule has 0 aliphatic carbocycles. The molecular formula is C15H22N4O2S. The second kappa shape index (κ2) is 8.41. The van der Waals surface area contributed by atoms with Crippen molar-refractivity contribution in [1.82, 2.24) is 14.9 Å². The van der Waals surface area contributed by atoms with Gasteiger partial charge in [-0.1, -0.05) is 18.1 Å². The fourth-order valence-corrected chi connectivity index (χ4v) is 2.53. The molecule has 7 heteroatoms. The molecule has 0 amide bonds. The van der Waals surface area contributed by atoms with Gasteiger partial charge in [-0.05, 0) is 24.6 Å². The molecule has 2 N–H and O–H groups in total. The zero-order valence-corrected chi connectivity index (χ0v) is 13.9. The minimum atomic E-state index is -3.39. The normalized spacial score (nSPS) is 12.0. The molecule has 1 aromatic rings. The van der Waals surface area contributed by atoms with Crippen LogP contribution in [0.1, 0.15) is 12.5 Å². The highest BCUT2D eigenvalue weighted by molar-refractivity contribution is 7.89. The first-order valence-electron chi connectivity index (χ1n) is 6.89. The maximum atomic E-state index is 12.0. The third-order valence-electron chi connectivity index (χ3n) is 2.82. The molecule has 0 fully saturated rings. The van der Waals surface area contributed by atoms with Gasteiger partial charge in [-0.3, -0.25) is 0 Å². The molecular weight excluding hydrogens is 300 g/mol. The minimum Gasteiger partial charge on any atom is -0.357 e. The Hall–Kier alpha value is -2.04. The number of hydrogen-bond donors (Lipinski definition) is 2. The molecule has 0 atom stereocenters. The summed E-state index contributed by atoms with van der Waals surface area (Å²) in [4.78, 5) is 4.65. The monoisotopic (exact) mass is 322 g/mol. The molecule has 1 rings (SSSR count). The second-order valence-electron chi connectivity index (χ2n) is 4.68. The number of nitrogens with one attached hydrogen (secondary N) is 2. The van der Waals surface area contributed by atoms with Gasteiger partial charge in [-0.25, -0.2) is 17.7 Å². The van der Waals surface area contributed by atoms with Crippen molar-refractivity contribution < 1.29 is 8.42 Å². The summed E-state index contributed by atoms with van der Waals surface area (Å²) in [6.45, 7) is 3.53. The van der Waals surface area contributed by atoms with Gasteiger partial charge in [-0.15, -0.1) is 6.42 Å². The summed E-state index contributed by atoms with van der Waals surface area (Å²) in [6.07, 6.45) is 5.21. The third-order valence-corrected chi connectivity index (χ3v) is 4.65. The number of guanidine groups is 1. The first-order valence-corrected chi connectivity index (χ1v) is 8.33. The summed E-state index contributed by atoms with van der Waals surface area (Å²) in [5.41, 5.74) is 0.913. The Morgan fingerprint density at radius 2 is 1.91 bits per heavy atom. The fourth-order valence-electron chi connectivity index (χ4n) is 1.62. The van der Waals surface area contributed by atoms with Crippen LogP contribution in [0.3, 0.4) is 0 Å². The van der Waals surface area contributed by atoms with Gasteiger partial charge in [0.1, 0.15) is 0 Å². The molecule has 0 heterocycles. The number of aliphatic imine (C=N–C) groups is 1. The molecule has 0 saturated heterocycles. The first kappa shape index (κ1) is 18.0. The Bertz CT molecular complexity index is 643. The van der Waals surface area contributed by atoms with Crippen LogP contribution in [0.2, 0.25) is 0 Å². The Morgan fingerprint density at radius 1 is 1.27 bits per heavy atom. The Kier molecular flexibility index (Phi) is 6.89. The molecule has 0 aromatic heterocycles. The molecule has 0 radical (unpaired) electrons. The van der Waals surface area contributed by atoms with Crippen LogP contribution in [-0.2, 0) is 16.6 Å². The van der Waals surface area contributed by atoms with Gasteiger partial charge in [0.05, 0.1) is 18.0 Å². The van der Waals surface area contributed by atoms with Crippen molar-refractivity contribution in [3.8, 4) is 12.3 Å². The van der Waals surface area contributed by atoms with Gasteiger partial charge in [0.2, 0.25) is 10.0 Å². The lowest BCUT2D eigenvalue weighted by Crippen LogP contribution is -2.37. The maximum Gasteiger partial charge on any atom is 0.242 e. The smallest absolute Gasteiger partial charge is 0.242 e. The molecule has 120 valence electrons. The van der Waals surface area contributed by atoms with E-state index in [0.29, 0.717) is 19.0 Å². The molecule has 0 bridgehead atoms. The first-order chi connectivity index (χ1) is 10.4. The number of sulfonamides is 1. The van der Waals surface area contributed by atoms with E-state index in [0.717, 1.165) is 12.1 Å². The standard InChI is InChI=1S/C15H22N4O2S/c1-5-11-17-15(16-6-2)18-12-13-7-9-14(10-8-13)22(20,21)19(3)4/h1,7-10H,6,11-12H2,2-4H3,(H2,16,17,18). The summed E-state index contributed by atoms with van der Waals surface area (Å²) in [5, 5.41) is 6.07.